The van der Waals surface area contributed by atoms with Crippen LogP contribution in [0.2, 0.25) is 0 Å². The Hall–Kier alpha value is -2.00. The molecule has 0 saturated carbocycles. The van der Waals surface area contributed by atoms with Crippen molar-refractivity contribution in [1.82, 2.24) is 0 Å². The standard InChI is InChI=1S/C14H16N2O/c1-14(17,10-4-2-6-12(15)8-10)11-5-3-7-13(16)9-11/h2-9,17H,15-16H2,1H3. The van der Waals surface area contributed by atoms with Gasteiger partial charge in [-0.3, -0.25) is 0 Å². The fourth-order valence-electron chi connectivity index (χ4n) is 1.85. The lowest BCUT2D eigenvalue weighted by atomic mass is 9.88. The first kappa shape index (κ1) is 11.5. The van der Waals surface area contributed by atoms with E-state index in [0.717, 1.165) is 11.1 Å². The number of hydrogen-bond acceptors (Lipinski definition) is 3. The van der Waals surface area contributed by atoms with E-state index < -0.39 is 5.60 Å². The highest BCUT2D eigenvalue weighted by atomic mass is 16.3. The lowest BCUT2D eigenvalue weighted by Gasteiger charge is -2.25. The van der Waals surface area contributed by atoms with Gasteiger partial charge in [0.05, 0.1) is 0 Å². The molecule has 0 aliphatic rings. The van der Waals surface area contributed by atoms with Crippen LogP contribution in [0.15, 0.2) is 48.5 Å². The maximum absolute atomic E-state index is 10.6. The predicted molar refractivity (Wildman–Crippen MR) is 70.4 cm³/mol. The third-order valence-electron chi connectivity index (χ3n) is 2.90. The molecular formula is C14H16N2O. The van der Waals surface area contributed by atoms with Crippen LogP contribution in [0.4, 0.5) is 11.4 Å². The Balaban J connectivity index is 2.49. The molecule has 0 bridgehead atoms. The quantitative estimate of drug-likeness (QED) is 0.689. The summed E-state index contributed by atoms with van der Waals surface area (Å²) in [5, 5.41) is 10.6. The summed E-state index contributed by atoms with van der Waals surface area (Å²) >= 11 is 0. The Bertz CT molecular complexity index is 488. The maximum atomic E-state index is 10.6. The Morgan fingerprint density at radius 3 is 1.65 bits per heavy atom. The highest BCUT2D eigenvalue weighted by Crippen LogP contribution is 2.30. The lowest BCUT2D eigenvalue weighted by Crippen LogP contribution is -2.23. The van der Waals surface area contributed by atoms with Crippen molar-refractivity contribution in [3.8, 4) is 0 Å². The molecule has 0 unspecified atom stereocenters. The van der Waals surface area contributed by atoms with Crippen LogP contribution in [0.3, 0.4) is 0 Å². The topological polar surface area (TPSA) is 72.3 Å². The van der Waals surface area contributed by atoms with E-state index in [2.05, 4.69) is 0 Å². The molecule has 0 aromatic heterocycles. The SMILES string of the molecule is CC(O)(c1cccc(N)c1)c1cccc(N)c1. The van der Waals surface area contributed by atoms with Crippen LogP contribution in [0.1, 0.15) is 18.1 Å². The van der Waals surface area contributed by atoms with Gasteiger partial charge in [-0.1, -0.05) is 24.3 Å². The fraction of sp³-hybridized carbons (Fsp3) is 0.143. The Kier molecular flexibility index (Phi) is 2.77. The molecule has 0 aliphatic carbocycles. The highest BCUT2D eigenvalue weighted by Gasteiger charge is 2.25. The van der Waals surface area contributed by atoms with E-state index in [9.17, 15) is 5.11 Å². The van der Waals surface area contributed by atoms with Gasteiger partial charge in [-0.05, 0) is 42.3 Å². The third-order valence-corrected chi connectivity index (χ3v) is 2.90. The van der Waals surface area contributed by atoms with Gasteiger partial charge in [0, 0.05) is 11.4 Å². The Morgan fingerprint density at radius 2 is 1.29 bits per heavy atom. The van der Waals surface area contributed by atoms with Crippen molar-refractivity contribution in [2.75, 3.05) is 11.5 Å². The van der Waals surface area contributed by atoms with Crippen LogP contribution in [0, 0.1) is 0 Å². The van der Waals surface area contributed by atoms with E-state index in [1.54, 1.807) is 31.2 Å². The summed E-state index contributed by atoms with van der Waals surface area (Å²) < 4.78 is 0. The average molecular weight is 228 g/mol. The normalized spacial score (nSPS) is 11.4. The van der Waals surface area contributed by atoms with Gasteiger partial charge in [-0.2, -0.15) is 0 Å². The number of anilines is 2. The molecule has 0 atom stereocenters. The fourth-order valence-corrected chi connectivity index (χ4v) is 1.85. The van der Waals surface area contributed by atoms with Crippen LogP contribution in [-0.4, -0.2) is 5.11 Å². The Morgan fingerprint density at radius 1 is 0.882 bits per heavy atom. The molecule has 0 heterocycles. The summed E-state index contributed by atoms with van der Waals surface area (Å²) in [6.07, 6.45) is 0. The molecule has 0 aliphatic heterocycles. The zero-order valence-corrected chi connectivity index (χ0v) is 9.72. The summed E-state index contributed by atoms with van der Waals surface area (Å²) in [7, 11) is 0. The van der Waals surface area contributed by atoms with E-state index in [1.807, 2.05) is 24.3 Å². The highest BCUT2D eigenvalue weighted by molar-refractivity contribution is 5.49. The van der Waals surface area contributed by atoms with Crippen LogP contribution >= 0.6 is 0 Å². The first-order valence-corrected chi connectivity index (χ1v) is 5.44. The van der Waals surface area contributed by atoms with Gasteiger partial charge in [-0.15, -0.1) is 0 Å². The van der Waals surface area contributed by atoms with Crippen molar-refractivity contribution in [3.63, 3.8) is 0 Å². The van der Waals surface area contributed by atoms with Crippen LogP contribution in [-0.2, 0) is 5.60 Å². The first-order chi connectivity index (χ1) is 8.00. The van der Waals surface area contributed by atoms with Crippen molar-refractivity contribution in [3.05, 3.63) is 59.7 Å². The van der Waals surface area contributed by atoms with Crippen molar-refractivity contribution >= 4 is 11.4 Å². The lowest BCUT2D eigenvalue weighted by molar-refractivity contribution is 0.102. The summed E-state index contributed by atoms with van der Waals surface area (Å²) in [6, 6.07) is 14.5. The molecule has 0 fully saturated rings. The van der Waals surface area contributed by atoms with E-state index >= 15 is 0 Å². The number of nitrogens with two attached hydrogens (primary N) is 2. The number of rotatable bonds is 2. The van der Waals surface area contributed by atoms with Gasteiger partial charge in [0.15, 0.2) is 0 Å². The largest absolute Gasteiger partial charge is 0.399 e. The number of benzene rings is 2. The summed E-state index contributed by atoms with van der Waals surface area (Å²) in [6.45, 7) is 1.73. The molecule has 5 N–H and O–H groups in total. The van der Waals surface area contributed by atoms with Gasteiger partial charge >= 0.3 is 0 Å². The monoisotopic (exact) mass is 228 g/mol. The number of nitrogen functional groups attached to an aromatic ring is 2. The Labute approximate surface area is 101 Å². The zero-order valence-electron chi connectivity index (χ0n) is 9.72. The van der Waals surface area contributed by atoms with Gasteiger partial charge < -0.3 is 16.6 Å². The molecular weight excluding hydrogens is 212 g/mol. The minimum absolute atomic E-state index is 0.631. The average Bonchev–Trinajstić information content (AvgIpc) is 2.29. The van der Waals surface area contributed by atoms with Gasteiger partial charge in [0.1, 0.15) is 5.60 Å². The van der Waals surface area contributed by atoms with E-state index in [-0.39, 0.29) is 0 Å². The second-order valence-corrected chi connectivity index (χ2v) is 4.32. The molecule has 0 saturated heterocycles. The number of hydrogen-bond donors (Lipinski definition) is 3. The molecule has 0 amide bonds. The molecule has 17 heavy (non-hydrogen) atoms. The second kappa shape index (κ2) is 4.11. The van der Waals surface area contributed by atoms with Gasteiger partial charge in [-0.25, -0.2) is 0 Å². The molecule has 0 spiro atoms. The summed E-state index contributed by atoms with van der Waals surface area (Å²) in [5.74, 6) is 0. The molecule has 2 rings (SSSR count). The summed E-state index contributed by atoms with van der Waals surface area (Å²) in [5.41, 5.74) is 13.1. The second-order valence-electron chi connectivity index (χ2n) is 4.32. The molecule has 2 aromatic rings. The molecule has 3 heteroatoms. The van der Waals surface area contributed by atoms with E-state index in [4.69, 9.17) is 11.5 Å². The van der Waals surface area contributed by atoms with Crippen molar-refractivity contribution in [2.24, 2.45) is 0 Å². The minimum atomic E-state index is -1.09. The maximum Gasteiger partial charge on any atom is 0.112 e. The third kappa shape index (κ3) is 2.24. The predicted octanol–water partition coefficient (Wildman–Crippen LogP) is 2.11. The molecule has 2 aromatic carbocycles. The first-order valence-electron chi connectivity index (χ1n) is 5.44. The van der Waals surface area contributed by atoms with Crippen molar-refractivity contribution in [2.45, 2.75) is 12.5 Å². The van der Waals surface area contributed by atoms with Crippen molar-refractivity contribution < 1.29 is 5.11 Å². The zero-order chi connectivity index (χ0) is 12.5. The van der Waals surface area contributed by atoms with Crippen LogP contribution < -0.4 is 11.5 Å². The van der Waals surface area contributed by atoms with Crippen LogP contribution in [0.25, 0.3) is 0 Å². The molecule has 88 valence electrons. The van der Waals surface area contributed by atoms with Gasteiger partial charge in [0.2, 0.25) is 0 Å². The number of aliphatic hydroxyl groups is 1. The minimum Gasteiger partial charge on any atom is -0.399 e. The van der Waals surface area contributed by atoms with Crippen LogP contribution in [0.5, 0.6) is 0 Å². The van der Waals surface area contributed by atoms with E-state index in [1.165, 1.54) is 0 Å². The van der Waals surface area contributed by atoms with Crippen molar-refractivity contribution in [1.29, 1.82) is 0 Å². The van der Waals surface area contributed by atoms with Gasteiger partial charge in [0.25, 0.3) is 0 Å². The molecule has 3 nitrogen and oxygen atoms in total. The smallest absolute Gasteiger partial charge is 0.112 e. The molecule has 0 radical (unpaired) electrons. The van der Waals surface area contributed by atoms with E-state index in [0.29, 0.717) is 11.4 Å². The summed E-state index contributed by atoms with van der Waals surface area (Å²) in [4.78, 5) is 0.